The van der Waals surface area contributed by atoms with E-state index < -0.39 is 0 Å². The lowest BCUT2D eigenvalue weighted by Crippen LogP contribution is -1.99. The van der Waals surface area contributed by atoms with Gasteiger partial charge in [-0.1, -0.05) is 19.9 Å². The lowest BCUT2D eigenvalue weighted by atomic mass is 10.1. The minimum atomic E-state index is 0.426. The summed E-state index contributed by atoms with van der Waals surface area (Å²) in [6.07, 6.45) is 3.01. The molecule has 3 nitrogen and oxygen atoms in total. The van der Waals surface area contributed by atoms with Crippen LogP contribution in [0.3, 0.4) is 0 Å². The second-order valence-corrected chi connectivity index (χ2v) is 3.62. The minimum absolute atomic E-state index is 0.426. The zero-order valence-electron chi connectivity index (χ0n) is 8.57. The van der Waals surface area contributed by atoms with Gasteiger partial charge in [0, 0.05) is 12.1 Å². The van der Waals surface area contributed by atoms with E-state index in [4.69, 9.17) is 5.73 Å². The number of nitrogen functional groups attached to an aromatic ring is 1. The second-order valence-electron chi connectivity index (χ2n) is 3.62. The van der Waals surface area contributed by atoms with Crippen molar-refractivity contribution in [2.45, 2.75) is 26.2 Å². The average molecular weight is 189 g/mol. The van der Waals surface area contributed by atoms with Gasteiger partial charge in [-0.2, -0.15) is 0 Å². The molecule has 0 aliphatic carbocycles. The van der Waals surface area contributed by atoms with Gasteiger partial charge in [-0.3, -0.25) is 4.40 Å². The van der Waals surface area contributed by atoms with Crippen LogP contribution in [0.15, 0.2) is 24.4 Å². The zero-order chi connectivity index (χ0) is 10.1. The lowest BCUT2D eigenvalue weighted by molar-refractivity contribution is 0.716. The summed E-state index contributed by atoms with van der Waals surface area (Å²) in [6, 6.07) is 5.91. The Morgan fingerprint density at radius 1 is 1.50 bits per heavy atom. The summed E-state index contributed by atoms with van der Waals surface area (Å²) in [4.78, 5) is 4.52. The Morgan fingerprint density at radius 2 is 2.29 bits per heavy atom. The van der Waals surface area contributed by atoms with Crippen LogP contribution in [-0.2, 0) is 0 Å². The normalized spacial score (nSPS) is 13.3. The average Bonchev–Trinajstić information content (AvgIpc) is 2.56. The van der Waals surface area contributed by atoms with Gasteiger partial charge < -0.3 is 5.73 Å². The SMILES string of the molecule is CCC(C)c1nc2ccccn2c1N. The van der Waals surface area contributed by atoms with Gasteiger partial charge in [0.1, 0.15) is 11.5 Å². The number of pyridine rings is 1. The van der Waals surface area contributed by atoms with Crippen molar-refractivity contribution in [3.05, 3.63) is 30.1 Å². The molecular weight excluding hydrogens is 174 g/mol. The summed E-state index contributed by atoms with van der Waals surface area (Å²) in [5.41, 5.74) is 7.96. The summed E-state index contributed by atoms with van der Waals surface area (Å²) in [5.74, 6) is 1.20. The molecule has 3 heteroatoms. The predicted octanol–water partition coefficient (Wildman–Crippen LogP) is 2.43. The van der Waals surface area contributed by atoms with Gasteiger partial charge in [0.2, 0.25) is 0 Å². The quantitative estimate of drug-likeness (QED) is 0.788. The molecule has 0 radical (unpaired) electrons. The van der Waals surface area contributed by atoms with Crippen molar-refractivity contribution < 1.29 is 0 Å². The summed E-state index contributed by atoms with van der Waals surface area (Å²) in [6.45, 7) is 4.30. The van der Waals surface area contributed by atoms with Crippen molar-refractivity contribution in [2.75, 3.05) is 5.73 Å². The van der Waals surface area contributed by atoms with Gasteiger partial charge in [-0.05, 0) is 18.6 Å². The maximum atomic E-state index is 6.02. The Bertz CT molecular complexity index is 445. The van der Waals surface area contributed by atoms with Crippen LogP contribution in [0, 0.1) is 0 Å². The van der Waals surface area contributed by atoms with Crippen LogP contribution < -0.4 is 5.73 Å². The van der Waals surface area contributed by atoms with Crippen LogP contribution >= 0.6 is 0 Å². The zero-order valence-corrected chi connectivity index (χ0v) is 8.57. The first-order valence-electron chi connectivity index (χ1n) is 4.96. The number of rotatable bonds is 2. The number of imidazole rings is 1. The summed E-state index contributed by atoms with van der Waals surface area (Å²) in [7, 11) is 0. The summed E-state index contributed by atoms with van der Waals surface area (Å²) < 4.78 is 1.93. The summed E-state index contributed by atoms with van der Waals surface area (Å²) in [5, 5.41) is 0. The van der Waals surface area contributed by atoms with Crippen molar-refractivity contribution in [2.24, 2.45) is 0 Å². The van der Waals surface area contributed by atoms with E-state index in [0.717, 1.165) is 23.6 Å². The monoisotopic (exact) mass is 189 g/mol. The largest absolute Gasteiger partial charge is 0.383 e. The molecule has 2 aromatic rings. The molecule has 2 heterocycles. The van der Waals surface area contributed by atoms with E-state index in [1.165, 1.54) is 0 Å². The smallest absolute Gasteiger partial charge is 0.138 e. The topological polar surface area (TPSA) is 43.3 Å². The highest BCUT2D eigenvalue weighted by molar-refractivity contribution is 5.53. The number of nitrogens with zero attached hydrogens (tertiary/aromatic N) is 2. The fourth-order valence-electron chi connectivity index (χ4n) is 1.59. The predicted molar refractivity (Wildman–Crippen MR) is 58.3 cm³/mol. The van der Waals surface area contributed by atoms with Crippen LogP contribution in [0.5, 0.6) is 0 Å². The van der Waals surface area contributed by atoms with Gasteiger partial charge in [-0.15, -0.1) is 0 Å². The molecule has 0 aliphatic rings. The van der Waals surface area contributed by atoms with E-state index in [1.54, 1.807) is 0 Å². The lowest BCUT2D eigenvalue weighted by Gasteiger charge is -2.04. The summed E-state index contributed by atoms with van der Waals surface area (Å²) >= 11 is 0. The Hall–Kier alpha value is -1.51. The first-order chi connectivity index (χ1) is 6.74. The number of fused-ring (bicyclic) bond motifs is 1. The van der Waals surface area contributed by atoms with E-state index in [0.29, 0.717) is 5.92 Å². The Kier molecular flexibility index (Phi) is 2.15. The third kappa shape index (κ3) is 1.25. The molecule has 0 aliphatic heterocycles. The van der Waals surface area contributed by atoms with Gasteiger partial charge in [-0.25, -0.2) is 4.98 Å². The number of hydrogen-bond acceptors (Lipinski definition) is 2. The maximum Gasteiger partial charge on any atom is 0.138 e. The van der Waals surface area contributed by atoms with Gasteiger partial charge in [0.15, 0.2) is 0 Å². The maximum absolute atomic E-state index is 6.02. The Labute approximate surface area is 83.6 Å². The second kappa shape index (κ2) is 3.33. The molecule has 2 rings (SSSR count). The third-order valence-corrected chi connectivity index (χ3v) is 2.67. The minimum Gasteiger partial charge on any atom is -0.383 e. The van der Waals surface area contributed by atoms with Crippen LogP contribution in [0.2, 0.25) is 0 Å². The molecule has 0 saturated heterocycles. The van der Waals surface area contributed by atoms with E-state index >= 15 is 0 Å². The Morgan fingerprint density at radius 3 is 2.93 bits per heavy atom. The Balaban J connectivity index is 2.62. The van der Waals surface area contributed by atoms with E-state index in [2.05, 4.69) is 18.8 Å². The van der Waals surface area contributed by atoms with Gasteiger partial charge in [0.05, 0.1) is 5.69 Å². The molecule has 0 bridgehead atoms. The van der Waals surface area contributed by atoms with Crippen LogP contribution in [0.4, 0.5) is 5.82 Å². The molecule has 1 unspecified atom stereocenters. The molecule has 2 N–H and O–H groups in total. The number of anilines is 1. The van der Waals surface area contributed by atoms with Crippen LogP contribution in [0.1, 0.15) is 31.9 Å². The van der Waals surface area contributed by atoms with Crippen molar-refractivity contribution in [3.63, 3.8) is 0 Å². The van der Waals surface area contributed by atoms with Crippen LogP contribution in [-0.4, -0.2) is 9.38 Å². The van der Waals surface area contributed by atoms with Crippen molar-refractivity contribution >= 4 is 11.5 Å². The molecule has 1 atom stereocenters. The number of nitrogens with two attached hydrogens (primary N) is 1. The molecular formula is C11H15N3. The molecule has 0 amide bonds. The van der Waals surface area contributed by atoms with Crippen molar-refractivity contribution in [1.29, 1.82) is 0 Å². The van der Waals surface area contributed by atoms with Crippen LogP contribution in [0.25, 0.3) is 5.65 Å². The fourth-order valence-corrected chi connectivity index (χ4v) is 1.59. The highest BCUT2D eigenvalue weighted by atomic mass is 15.1. The molecule has 0 spiro atoms. The number of aromatic nitrogens is 2. The van der Waals surface area contributed by atoms with E-state index in [-0.39, 0.29) is 0 Å². The highest BCUT2D eigenvalue weighted by Gasteiger charge is 2.13. The first-order valence-corrected chi connectivity index (χ1v) is 4.96. The fraction of sp³-hybridized carbons (Fsp3) is 0.364. The molecule has 74 valence electrons. The van der Waals surface area contributed by atoms with Gasteiger partial charge >= 0.3 is 0 Å². The van der Waals surface area contributed by atoms with E-state index in [1.807, 2.05) is 28.8 Å². The van der Waals surface area contributed by atoms with Crippen molar-refractivity contribution in [3.8, 4) is 0 Å². The third-order valence-electron chi connectivity index (χ3n) is 2.67. The molecule has 2 aromatic heterocycles. The number of hydrogen-bond donors (Lipinski definition) is 1. The van der Waals surface area contributed by atoms with E-state index in [9.17, 15) is 0 Å². The van der Waals surface area contributed by atoms with Crippen molar-refractivity contribution in [1.82, 2.24) is 9.38 Å². The van der Waals surface area contributed by atoms with Gasteiger partial charge in [0.25, 0.3) is 0 Å². The molecule has 0 saturated carbocycles. The molecule has 0 aromatic carbocycles. The first kappa shape index (κ1) is 9.06. The highest BCUT2D eigenvalue weighted by Crippen LogP contribution is 2.24. The molecule has 14 heavy (non-hydrogen) atoms. The standard InChI is InChI=1S/C11H15N3/c1-3-8(2)10-11(12)14-7-5-4-6-9(14)13-10/h4-8H,3,12H2,1-2H3. The molecule has 0 fully saturated rings.